The number of hydrogen-bond acceptors (Lipinski definition) is 2. The average molecular weight is 182 g/mol. The number of rotatable bonds is 2. The molecule has 0 aliphatic heterocycles. The summed E-state index contributed by atoms with van der Waals surface area (Å²) in [6.07, 6.45) is 2.38. The van der Waals surface area contributed by atoms with Gasteiger partial charge in [0, 0.05) is 5.92 Å². The lowest BCUT2D eigenvalue weighted by Gasteiger charge is -2.30. The van der Waals surface area contributed by atoms with Crippen LogP contribution in [0.4, 0.5) is 0 Å². The van der Waals surface area contributed by atoms with E-state index in [1.54, 1.807) is 0 Å². The molecule has 1 aliphatic carbocycles. The predicted molar refractivity (Wildman–Crippen MR) is 51.2 cm³/mol. The van der Waals surface area contributed by atoms with Crippen LogP contribution in [0.3, 0.4) is 0 Å². The molecule has 4 heteroatoms. The maximum absolute atomic E-state index is 11.2. The van der Waals surface area contributed by atoms with Gasteiger partial charge in [0.15, 0.2) is 7.85 Å². The Morgan fingerprint density at radius 1 is 1.31 bits per heavy atom. The van der Waals surface area contributed by atoms with Gasteiger partial charge in [-0.15, -0.1) is 0 Å². The van der Waals surface area contributed by atoms with Crippen LogP contribution >= 0.6 is 0 Å². The molecular formula is C9H15BO3. The van der Waals surface area contributed by atoms with Crippen molar-refractivity contribution in [2.45, 2.75) is 26.2 Å². The van der Waals surface area contributed by atoms with Crippen molar-refractivity contribution in [2.24, 2.45) is 17.8 Å². The van der Waals surface area contributed by atoms with Crippen molar-refractivity contribution in [2.75, 3.05) is 0 Å². The van der Waals surface area contributed by atoms with Crippen LogP contribution in [0.15, 0.2) is 0 Å². The molecule has 0 spiro atoms. The lowest BCUT2D eigenvalue weighted by atomic mass is 9.69. The lowest BCUT2D eigenvalue weighted by molar-refractivity contribution is -0.147. The Hall–Kier alpha value is -0.795. The molecule has 1 N–H and O–H groups in total. The van der Waals surface area contributed by atoms with Crippen LogP contribution in [0.25, 0.3) is 0 Å². The van der Waals surface area contributed by atoms with Gasteiger partial charge < -0.3 is 9.90 Å². The Bertz CT molecular complexity index is 227. The third-order valence-electron chi connectivity index (χ3n) is 2.95. The molecule has 3 nitrogen and oxygen atoms in total. The van der Waals surface area contributed by atoms with Crippen molar-refractivity contribution in [1.82, 2.24) is 0 Å². The average Bonchev–Trinajstić information content (AvgIpc) is 2.03. The molecule has 0 radical (unpaired) electrons. The minimum Gasteiger partial charge on any atom is -0.481 e. The molecule has 3 unspecified atom stereocenters. The fourth-order valence-electron chi connectivity index (χ4n) is 2.14. The highest BCUT2D eigenvalue weighted by molar-refractivity contribution is 6.58. The van der Waals surface area contributed by atoms with Crippen molar-refractivity contribution < 1.29 is 14.7 Å². The van der Waals surface area contributed by atoms with Crippen molar-refractivity contribution in [3.63, 3.8) is 0 Å². The second-order valence-electron chi connectivity index (χ2n) is 4.08. The van der Waals surface area contributed by atoms with Crippen LogP contribution in [-0.2, 0) is 9.59 Å². The smallest absolute Gasteiger partial charge is 0.307 e. The lowest BCUT2D eigenvalue weighted by Crippen LogP contribution is -2.35. The largest absolute Gasteiger partial charge is 0.481 e. The first-order chi connectivity index (χ1) is 6.02. The van der Waals surface area contributed by atoms with Crippen LogP contribution in [0, 0.1) is 17.8 Å². The first kappa shape index (κ1) is 10.3. The van der Waals surface area contributed by atoms with Gasteiger partial charge in [-0.3, -0.25) is 4.79 Å². The molecule has 0 amide bonds. The monoisotopic (exact) mass is 182 g/mol. The van der Waals surface area contributed by atoms with Gasteiger partial charge in [0.05, 0.1) is 11.6 Å². The van der Waals surface area contributed by atoms with Crippen LogP contribution in [0.1, 0.15) is 26.2 Å². The number of carboxylic acids is 1. The van der Waals surface area contributed by atoms with Gasteiger partial charge in [0.1, 0.15) is 0 Å². The Balaban J connectivity index is 2.72. The fourth-order valence-corrected chi connectivity index (χ4v) is 2.14. The standard InChI is InChI=1S/C9H15BO3/c1-5-2-3-6(8(10)11)7(4-5)9(12)13/h5-7H,2-4,10H2,1H3,(H,12,13). The van der Waals surface area contributed by atoms with Crippen LogP contribution in [0.5, 0.6) is 0 Å². The topological polar surface area (TPSA) is 54.4 Å². The van der Waals surface area contributed by atoms with E-state index in [-0.39, 0.29) is 11.6 Å². The molecule has 0 aromatic carbocycles. The second kappa shape index (κ2) is 3.94. The molecular weight excluding hydrogens is 167 g/mol. The Kier molecular flexibility index (Phi) is 3.12. The minimum atomic E-state index is -0.813. The summed E-state index contributed by atoms with van der Waals surface area (Å²) in [7, 11) is 1.50. The fraction of sp³-hybridized carbons (Fsp3) is 0.778. The molecule has 1 aliphatic rings. The number of hydrogen-bond donors (Lipinski definition) is 1. The third-order valence-corrected chi connectivity index (χ3v) is 2.95. The first-order valence-corrected chi connectivity index (χ1v) is 4.75. The predicted octanol–water partition coefficient (Wildman–Crippen LogP) is 0.283. The molecule has 0 heterocycles. The van der Waals surface area contributed by atoms with E-state index < -0.39 is 11.9 Å². The normalized spacial score (nSPS) is 34.1. The Morgan fingerprint density at radius 2 is 1.92 bits per heavy atom. The maximum atomic E-state index is 11.2. The van der Waals surface area contributed by atoms with Crippen molar-refractivity contribution in [3.05, 3.63) is 0 Å². The summed E-state index contributed by atoms with van der Waals surface area (Å²) in [5.74, 6) is -1.06. The second-order valence-corrected chi connectivity index (χ2v) is 4.08. The zero-order chi connectivity index (χ0) is 10.0. The molecule has 72 valence electrons. The molecule has 0 saturated heterocycles. The Labute approximate surface area is 78.9 Å². The quantitative estimate of drug-likeness (QED) is 0.624. The summed E-state index contributed by atoms with van der Waals surface area (Å²) in [6, 6.07) is 0. The Morgan fingerprint density at radius 3 is 2.38 bits per heavy atom. The van der Waals surface area contributed by atoms with Gasteiger partial charge in [-0.25, -0.2) is 0 Å². The molecule has 3 atom stereocenters. The maximum Gasteiger partial charge on any atom is 0.307 e. The molecule has 13 heavy (non-hydrogen) atoms. The van der Waals surface area contributed by atoms with E-state index >= 15 is 0 Å². The number of aliphatic carboxylic acids is 1. The van der Waals surface area contributed by atoms with Gasteiger partial charge in [-0.05, 0) is 18.8 Å². The summed E-state index contributed by atoms with van der Waals surface area (Å²) in [6.45, 7) is 2.05. The number of carboxylic acid groups (broad SMARTS) is 1. The zero-order valence-electron chi connectivity index (χ0n) is 8.12. The van der Waals surface area contributed by atoms with Gasteiger partial charge in [-0.1, -0.05) is 13.3 Å². The van der Waals surface area contributed by atoms with E-state index in [2.05, 4.69) is 0 Å². The van der Waals surface area contributed by atoms with E-state index in [1.807, 2.05) is 6.92 Å². The van der Waals surface area contributed by atoms with E-state index in [4.69, 9.17) is 5.11 Å². The molecule has 1 rings (SSSR count). The summed E-state index contributed by atoms with van der Waals surface area (Å²) in [5.41, 5.74) is 0.0271. The summed E-state index contributed by atoms with van der Waals surface area (Å²) in [5, 5.41) is 8.92. The third kappa shape index (κ3) is 2.33. The minimum absolute atomic E-state index is 0.0271. The van der Waals surface area contributed by atoms with Gasteiger partial charge in [0.25, 0.3) is 0 Å². The SMILES string of the molecule is BC(=O)C1CCC(C)CC1C(=O)O. The molecule has 0 aromatic heterocycles. The highest BCUT2D eigenvalue weighted by Crippen LogP contribution is 2.33. The summed E-state index contributed by atoms with van der Waals surface area (Å²) < 4.78 is 0. The van der Waals surface area contributed by atoms with E-state index in [1.165, 1.54) is 7.85 Å². The van der Waals surface area contributed by atoms with E-state index in [9.17, 15) is 9.59 Å². The van der Waals surface area contributed by atoms with Crippen molar-refractivity contribution in [3.8, 4) is 0 Å². The van der Waals surface area contributed by atoms with Gasteiger partial charge in [-0.2, -0.15) is 0 Å². The van der Waals surface area contributed by atoms with E-state index in [0.29, 0.717) is 12.3 Å². The highest BCUT2D eigenvalue weighted by atomic mass is 16.4. The number of carbonyl (C=O) groups excluding carboxylic acids is 1. The molecule has 0 bridgehead atoms. The van der Waals surface area contributed by atoms with Crippen molar-refractivity contribution in [1.29, 1.82) is 0 Å². The molecule has 1 fully saturated rings. The number of carbonyl (C=O) groups is 2. The first-order valence-electron chi connectivity index (χ1n) is 4.75. The molecule has 1 saturated carbocycles. The van der Waals surface area contributed by atoms with Crippen LogP contribution in [-0.4, -0.2) is 24.6 Å². The highest BCUT2D eigenvalue weighted by Gasteiger charge is 2.35. The van der Waals surface area contributed by atoms with E-state index in [0.717, 1.165) is 12.8 Å². The summed E-state index contributed by atoms with van der Waals surface area (Å²) in [4.78, 5) is 22.0. The summed E-state index contributed by atoms with van der Waals surface area (Å²) >= 11 is 0. The van der Waals surface area contributed by atoms with Crippen molar-refractivity contribution >= 4 is 19.5 Å². The zero-order valence-corrected chi connectivity index (χ0v) is 8.12. The molecule has 0 aromatic rings. The van der Waals surface area contributed by atoms with Crippen LogP contribution in [0.2, 0.25) is 0 Å². The van der Waals surface area contributed by atoms with Gasteiger partial charge >= 0.3 is 5.97 Å². The van der Waals surface area contributed by atoms with Gasteiger partial charge in [0.2, 0.25) is 0 Å². The van der Waals surface area contributed by atoms with Crippen LogP contribution < -0.4 is 0 Å².